The highest BCUT2D eigenvalue weighted by Crippen LogP contribution is 2.37. The van der Waals surface area contributed by atoms with Crippen molar-refractivity contribution < 1.29 is 0 Å². The van der Waals surface area contributed by atoms with Crippen molar-refractivity contribution in [2.24, 2.45) is 0 Å². The molecular weight excluding hydrogens is 425 g/mol. The van der Waals surface area contributed by atoms with Crippen LogP contribution in [0.15, 0.2) is 69.6 Å². The molecule has 4 heteroatoms. The first-order chi connectivity index (χ1) is 10.7. The Kier molecular flexibility index (Phi) is 3.52. The number of benzene rings is 3. The molecular formula is C18H10Br2ClN. The minimum atomic E-state index is 0.685. The molecule has 0 bridgehead atoms. The first kappa shape index (κ1) is 14.3. The normalized spacial score (nSPS) is 11.4. The van der Waals surface area contributed by atoms with Crippen LogP contribution in [0.1, 0.15) is 0 Å². The Hall–Kier alpha value is -1.29. The van der Waals surface area contributed by atoms with Gasteiger partial charge in [-0.1, -0.05) is 48.0 Å². The van der Waals surface area contributed by atoms with E-state index in [1.54, 1.807) is 0 Å². The highest BCUT2D eigenvalue weighted by Gasteiger charge is 2.13. The molecule has 108 valence electrons. The number of para-hydroxylation sites is 2. The van der Waals surface area contributed by atoms with E-state index in [0.717, 1.165) is 14.6 Å². The van der Waals surface area contributed by atoms with Gasteiger partial charge in [-0.25, -0.2) is 0 Å². The van der Waals surface area contributed by atoms with E-state index in [4.69, 9.17) is 11.6 Å². The van der Waals surface area contributed by atoms with E-state index in [1.165, 1.54) is 21.8 Å². The maximum Gasteiger partial charge on any atom is 0.0691 e. The molecule has 0 radical (unpaired) electrons. The molecule has 1 heterocycles. The maximum atomic E-state index is 6.24. The van der Waals surface area contributed by atoms with E-state index >= 15 is 0 Å². The van der Waals surface area contributed by atoms with E-state index in [0.29, 0.717) is 5.02 Å². The molecule has 22 heavy (non-hydrogen) atoms. The van der Waals surface area contributed by atoms with Crippen LogP contribution in [0.2, 0.25) is 5.02 Å². The summed E-state index contributed by atoms with van der Waals surface area (Å²) in [7, 11) is 0. The van der Waals surface area contributed by atoms with Crippen LogP contribution in [0.3, 0.4) is 0 Å². The third-order valence-electron chi connectivity index (χ3n) is 3.81. The van der Waals surface area contributed by atoms with Crippen LogP contribution in [0, 0.1) is 0 Å². The predicted molar refractivity (Wildman–Crippen MR) is 101 cm³/mol. The van der Waals surface area contributed by atoms with Crippen LogP contribution < -0.4 is 0 Å². The number of aromatic nitrogens is 1. The molecule has 0 atom stereocenters. The van der Waals surface area contributed by atoms with Crippen molar-refractivity contribution in [3.63, 3.8) is 0 Å². The SMILES string of the molecule is Clc1c(Br)cc(-n2c3ccccc3c3ccccc32)cc1Br. The molecule has 0 amide bonds. The fourth-order valence-electron chi connectivity index (χ4n) is 2.87. The summed E-state index contributed by atoms with van der Waals surface area (Å²) >= 11 is 13.3. The van der Waals surface area contributed by atoms with Crippen molar-refractivity contribution in [3.8, 4) is 5.69 Å². The zero-order valence-electron chi connectivity index (χ0n) is 11.4. The van der Waals surface area contributed by atoms with Crippen LogP contribution in [0.4, 0.5) is 0 Å². The van der Waals surface area contributed by atoms with E-state index in [9.17, 15) is 0 Å². The Balaban J connectivity index is 2.17. The third kappa shape index (κ3) is 2.11. The van der Waals surface area contributed by atoms with Gasteiger partial charge in [-0.2, -0.15) is 0 Å². The topological polar surface area (TPSA) is 4.93 Å². The second kappa shape index (κ2) is 5.41. The van der Waals surface area contributed by atoms with Crippen molar-refractivity contribution in [1.29, 1.82) is 0 Å². The second-order valence-electron chi connectivity index (χ2n) is 5.09. The Morgan fingerprint density at radius 2 is 1.18 bits per heavy atom. The van der Waals surface area contributed by atoms with Gasteiger partial charge in [0, 0.05) is 25.4 Å². The molecule has 0 aliphatic rings. The van der Waals surface area contributed by atoms with Gasteiger partial charge in [-0.15, -0.1) is 0 Å². The molecule has 0 aliphatic carbocycles. The molecule has 0 saturated heterocycles. The first-order valence-corrected chi connectivity index (χ1v) is 8.76. The summed E-state index contributed by atoms with van der Waals surface area (Å²) in [5.74, 6) is 0. The van der Waals surface area contributed by atoms with Crippen LogP contribution in [0.25, 0.3) is 27.5 Å². The number of hydrogen-bond donors (Lipinski definition) is 0. The fourth-order valence-corrected chi connectivity index (χ4v) is 4.14. The minimum Gasteiger partial charge on any atom is -0.309 e. The van der Waals surface area contributed by atoms with E-state index < -0.39 is 0 Å². The first-order valence-electron chi connectivity index (χ1n) is 6.80. The average Bonchev–Trinajstić information content (AvgIpc) is 2.87. The molecule has 0 saturated carbocycles. The van der Waals surface area contributed by atoms with Crippen molar-refractivity contribution in [3.05, 3.63) is 74.6 Å². The summed E-state index contributed by atoms with van der Waals surface area (Å²) in [6, 6.07) is 21.0. The predicted octanol–water partition coefficient (Wildman–Crippen LogP) is 6.96. The molecule has 4 aromatic rings. The maximum absolute atomic E-state index is 6.24. The monoisotopic (exact) mass is 433 g/mol. The van der Waals surface area contributed by atoms with Gasteiger partial charge in [0.25, 0.3) is 0 Å². The van der Waals surface area contributed by atoms with Gasteiger partial charge in [0.1, 0.15) is 0 Å². The second-order valence-corrected chi connectivity index (χ2v) is 7.18. The smallest absolute Gasteiger partial charge is 0.0691 e. The Labute approximate surface area is 149 Å². The van der Waals surface area contributed by atoms with Crippen LogP contribution in [-0.2, 0) is 0 Å². The lowest BCUT2D eigenvalue weighted by Crippen LogP contribution is -1.94. The lowest BCUT2D eigenvalue weighted by Gasteiger charge is -2.10. The molecule has 0 N–H and O–H groups in total. The zero-order valence-corrected chi connectivity index (χ0v) is 15.3. The molecule has 4 rings (SSSR count). The summed E-state index contributed by atoms with van der Waals surface area (Å²) in [6.07, 6.45) is 0. The lowest BCUT2D eigenvalue weighted by molar-refractivity contribution is 1.17. The molecule has 1 aromatic heterocycles. The number of rotatable bonds is 1. The van der Waals surface area contributed by atoms with Gasteiger partial charge in [0.2, 0.25) is 0 Å². The summed E-state index contributed by atoms with van der Waals surface area (Å²) in [5, 5.41) is 3.19. The van der Waals surface area contributed by atoms with E-state index in [-0.39, 0.29) is 0 Å². The molecule has 0 spiro atoms. The molecule has 1 nitrogen and oxygen atoms in total. The number of halogens is 3. The van der Waals surface area contributed by atoms with Gasteiger partial charge < -0.3 is 4.57 Å². The van der Waals surface area contributed by atoms with Crippen molar-refractivity contribution >= 4 is 65.3 Å². The van der Waals surface area contributed by atoms with Gasteiger partial charge in [-0.3, -0.25) is 0 Å². The van der Waals surface area contributed by atoms with Gasteiger partial charge in [0.05, 0.1) is 16.1 Å². The lowest BCUT2D eigenvalue weighted by atomic mass is 10.2. The van der Waals surface area contributed by atoms with Gasteiger partial charge >= 0.3 is 0 Å². The standard InChI is InChI=1S/C18H10Br2ClN/c19-14-9-11(10-15(20)18(14)21)22-16-7-3-1-5-12(16)13-6-2-4-8-17(13)22/h1-10H. The molecule has 3 aromatic carbocycles. The molecule has 0 unspecified atom stereocenters. The molecule has 0 fully saturated rings. The van der Waals surface area contributed by atoms with Crippen LogP contribution in [0.5, 0.6) is 0 Å². The molecule has 0 aliphatic heterocycles. The van der Waals surface area contributed by atoms with Crippen molar-refractivity contribution in [1.82, 2.24) is 4.57 Å². The van der Waals surface area contributed by atoms with Gasteiger partial charge in [-0.05, 0) is 56.1 Å². The number of nitrogens with zero attached hydrogens (tertiary/aromatic N) is 1. The number of fused-ring (bicyclic) bond motifs is 3. The van der Waals surface area contributed by atoms with Gasteiger partial charge in [0.15, 0.2) is 0 Å². The van der Waals surface area contributed by atoms with Crippen molar-refractivity contribution in [2.45, 2.75) is 0 Å². The summed E-state index contributed by atoms with van der Waals surface area (Å²) in [6.45, 7) is 0. The van der Waals surface area contributed by atoms with Crippen LogP contribution >= 0.6 is 43.5 Å². The Morgan fingerprint density at radius 3 is 1.68 bits per heavy atom. The van der Waals surface area contributed by atoms with Crippen molar-refractivity contribution in [2.75, 3.05) is 0 Å². The zero-order chi connectivity index (χ0) is 15.3. The largest absolute Gasteiger partial charge is 0.309 e. The fraction of sp³-hybridized carbons (Fsp3) is 0. The summed E-state index contributed by atoms with van der Waals surface area (Å²) < 4.78 is 4.01. The quantitative estimate of drug-likeness (QED) is 0.285. The van der Waals surface area contributed by atoms with E-state index in [2.05, 4.69) is 85.0 Å². The Bertz CT molecular complexity index is 944. The van der Waals surface area contributed by atoms with E-state index in [1.807, 2.05) is 12.1 Å². The Morgan fingerprint density at radius 1 is 0.727 bits per heavy atom. The summed E-state index contributed by atoms with van der Waals surface area (Å²) in [4.78, 5) is 0. The summed E-state index contributed by atoms with van der Waals surface area (Å²) in [5.41, 5.74) is 3.44. The minimum absolute atomic E-state index is 0.685. The third-order valence-corrected chi connectivity index (χ3v) is 5.92. The van der Waals surface area contributed by atoms with Crippen LogP contribution in [-0.4, -0.2) is 4.57 Å². The number of hydrogen-bond acceptors (Lipinski definition) is 0. The highest BCUT2D eigenvalue weighted by atomic mass is 79.9. The average molecular weight is 436 g/mol. The highest BCUT2D eigenvalue weighted by molar-refractivity contribution is 9.11.